The number of carboxylic acid groups (broad SMARTS) is 2. The fraction of sp³-hybridized carbons (Fsp3) is 0.400. The summed E-state index contributed by atoms with van der Waals surface area (Å²) in [6.07, 6.45) is 0.0431. The maximum Gasteiger partial charge on any atom is 0.490 e. The zero-order chi connectivity index (χ0) is 33.9. The molecule has 1 aromatic heterocycles. The second-order valence-corrected chi connectivity index (χ2v) is 10.6. The number of aromatic nitrogens is 2. The van der Waals surface area contributed by atoms with Crippen LogP contribution in [0.3, 0.4) is 0 Å². The summed E-state index contributed by atoms with van der Waals surface area (Å²) in [4.78, 5) is 68.8. The van der Waals surface area contributed by atoms with E-state index in [9.17, 15) is 37.5 Å². The van der Waals surface area contributed by atoms with E-state index in [1.54, 1.807) is 12.5 Å². The Labute approximate surface area is 261 Å². The van der Waals surface area contributed by atoms with Gasteiger partial charge < -0.3 is 30.7 Å². The number of carbonyl (C=O) groups excluding carboxylic acids is 3. The zero-order valence-corrected chi connectivity index (χ0v) is 24.9. The molecule has 3 amide bonds. The van der Waals surface area contributed by atoms with Crippen LogP contribution in [-0.4, -0.2) is 104 Å². The SMILES string of the molecule is CC(=O)NC[C@H](NC(=O)CN(Cc1cccc2ccccc12)CC1CCCN1C(=O)Cc1c[nH]cn1)C(=O)O.O=C(O)C(F)(F)F. The van der Waals surface area contributed by atoms with Crippen molar-refractivity contribution in [3.63, 3.8) is 0 Å². The van der Waals surface area contributed by atoms with Crippen molar-refractivity contribution >= 4 is 40.4 Å². The Kier molecular flexibility index (Phi) is 12.6. The molecule has 0 spiro atoms. The minimum absolute atomic E-state index is 0.0135. The number of alkyl halides is 3. The number of carboxylic acids is 2. The van der Waals surface area contributed by atoms with Gasteiger partial charge in [0, 0.05) is 45.3 Å². The van der Waals surface area contributed by atoms with Gasteiger partial charge >= 0.3 is 18.1 Å². The van der Waals surface area contributed by atoms with E-state index in [0.29, 0.717) is 25.3 Å². The quantitative estimate of drug-likeness (QED) is 0.196. The summed E-state index contributed by atoms with van der Waals surface area (Å²) in [5, 5.41) is 23.8. The highest BCUT2D eigenvalue weighted by atomic mass is 19.4. The first-order chi connectivity index (χ1) is 21.7. The van der Waals surface area contributed by atoms with E-state index in [2.05, 4.69) is 20.6 Å². The number of halogens is 3. The molecule has 1 aliphatic heterocycles. The number of H-pyrrole nitrogens is 1. The Hall–Kier alpha value is -4.99. The van der Waals surface area contributed by atoms with Crippen LogP contribution in [0.15, 0.2) is 55.0 Å². The lowest BCUT2D eigenvalue weighted by Crippen LogP contribution is -2.52. The van der Waals surface area contributed by atoms with E-state index >= 15 is 0 Å². The Morgan fingerprint density at radius 1 is 1.11 bits per heavy atom. The maximum atomic E-state index is 13.1. The molecule has 1 aliphatic rings. The number of likely N-dealkylation sites (tertiary alicyclic amines) is 1. The number of imidazole rings is 1. The number of hydrogen-bond acceptors (Lipinski definition) is 7. The third-order valence-electron chi connectivity index (χ3n) is 7.13. The smallest absolute Gasteiger partial charge is 0.480 e. The molecular weight excluding hydrogens is 613 g/mol. The summed E-state index contributed by atoms with van der Waals surface area (Å²) >= 11 is 0. The molecule has 0 radical (unpaired) electrons. The highest BCUT2D eigenvalue weighted by Crippen LogP contribution is 2.23. The molecule has 13 nitrogen and oxygen atoms in total. The number of aliphatic carboxylic acids is 2. The van der Waals surface area contributed by atoms with Crippen LogP contribution in [-0.2, 0) is 36.9 Å². The van der Waals surface area contributed by atoms with Crippen LogP contribution in [0, 0.1) is 0 Å². The molecule has 1 fully saturated rings. The second-order valence-electron chi connectivity index (χ2n) is 10.6. The van der Waals surface area contributed by atoms with Crippen molar-refractivity contribution < 1.29 is 47.4 Å². The van der Waals surface area contributed by atoms with Crippen LogP contribution in [0.2, 0.25) is 0 Å². The molecule has 1 unspecified atom stereocenters. The number of benzene rings is 2. The predicted molar refractivity (Wildman–Crippen MR) is 158 cm³/mol. The molecule has 0 saturated carbocycles. The van der Waals surface area contributed by atoms with Crippen LogP contribution < -0.4 is 10.6 Å². The highest BCUT2D eigenvalue weighted by molar-refractivity contribution is 5.87. The van der Waals surface area contributed by atoms with Crippen molar-refractivity contribution in [2.24, 2.45) is 0 Å². The first kappa shape index (κ1) is 35.5. The lowest BCUT2D eigenvalue weighted by atomic mass is 10.0. The lowest BCUT2D eigenvalue weighted by molar-refractivity contribution is -0.192. The van der Waals surface area contributed by atoms with Crippen molar-refractivity contribution in [1.82, 2.24) is 30.4 Å². The van der Waals surface area contributed by atoms with Crippen LogP contribution in [0.4, 0.5) is 13.2 Å². The summed E-state index contributed by atoms with van der Waals surface area (Å²) in [7, 11) is 0. The number of carbonyl (C=O) groups is 5. The number of amides is 3. The lowest BCUT2D eigenvalue weighted by Gasteiger charge is -2.31. The number of fused-ring (bicyclic) bond motifs is 1. The molecule has 2 atom stereocenters. The summed E-state index contributed by atoms with van der Waals surface area (Å²) in [5.74, 6) is -4.86. The van der Waals surface area contributed by atoms with Gasteiger partial charge in [0.1, 0.15) is 6.04 Å². The summed E-state index contributed by atoms with van der Waals surface area (Å²) in [6.45, 7) is 2.54. The largest absolute Gasteiger partial charge is 0.490 e. The van der Waals surface area contributed by atoms with Gasteiger partial charge in [-0.2, -0.15) is 13.2 Å². The molecule has 248 valence electrons. The van der Waals surface area contributed by atoms with Crippen molar-refractivity contribution in [1.29, 1.82) is 0 Å². The normalized spacial score (nSPS) is 15.2. The Morgan fingerprint density at radius 3 is 2.43 bits per heavy atom. The Bertz CT molecular complexity index is 1510. The molecule has 16 heteroatoms. The number of nitrogens with zero attached hydrogens (tertiary/aromatic N) is 3. The van der Waals surface area contributed by atoms with Crippen LogP contribution in [0.25, 0.3) is 10.8 Å². The number of nitrogens with one attached hydrogen (secondary N) is 3. The van der Waals surface area contributed by atoms with Gasteiger partial charge in [0.2, 0.25) is 17.7 Å². The fourth-order valence-electron chi connectivity index (χ4n) is 5.04. The maximum absolute atomic E-state index is 13.1. The van der Waals surface area contributed by atoms with Gasteiger partial charge in [0.25, 0.3) is 0 Å². The van der Waals surface area contributed by atoms with Crippen molar-refractivity contribution in [3.05, 3.63) is 66.2 Å². The molecule has 46 heavy (non-hydrogen) atoms. The van der Waals surface area contributed by atoms with E-state index in [1.165, 1.54) is 6.92 Å². The minimum atomic E-state index is -5.08. The predicted octanol–water partition coefficient (Wildman–Crippen LogP) is 1.94. The van der Waals surface area contributed by atoms with Gasteiger partial charge in [-0.15, -0.1) is 0 Å². The highest BCUT2D eigenvalue weighted by Gasteiger charge is 2.38. The van der Waals surface area contributed by atoms with Crippen LogP contribution in [0.1, 0.15) is 31.0 Å². The minimum Gasteiger partial charge on any atom is -0.480 e. The first-order valence-electron chi connectivity index (χ1n) is 14.3. The van der Waals surface area contributed by atoms with Crippen LogP contribution in [0.5, 0.6) is 0 Å². The molecule has 2 aromatic carbocycles. The van der Waals surface area contributed by atoms with Crippen molar-refractivity contribution in [2.45, 2.75) is 51.0 Å². The molecular formula is C30H35F3N6O7. The van der Waals surface area contributed by atoms with Crippen molar-refractivity contribution in [2.75, 3.05) is 26.2 Å². The topological polar surface area (TPSA) is 185 Å². The van der Waals surface area contributed by atoms with E-state index in [1.807, 2.05) is 52.3 Å². The summed E-state index contributed by atoms with van der Waals surface area (Å²) in [5.41, 5.74) is 1.71. The molecule has 0 aliphatic carbocycles. The molecule has 0 bridgehead atoms. The molecule has 2 heterocycles. The first-order valence-corrected chi connectivity index (χ1v) is 14.3. The standard InChI is InChI=1S/C28H34N6O5.C2HF3O2/c1-19(35)30-14-25(28(38)39)32-26(36)17-33(15-21-8-4-7-20-6-2-3-10-24(20)21)16-23-9-5-11-34(23)27(37)12-22-13-29-18-31-22;3-2(4,5)1(6)7/h2-4,6-8,10,13,18,23,25H,5,9,11-12,14-17H2,1H3,(H,29,31)(H,30,35)(H,32,36)(H,38,39);(H,6,7)/t23?,25-;/m0./s1. The van der Waals surface area contributed by atoms with Gasteiger partial charge in [0.05, 0.1) is 25.0 Å². The third kappa shape index (κ3) is 10.9. The van der Waals surface area contributed by atoms with E-state index in [-0.39, 0.29) is 37.4 Å². The summed E-state index contributed by atoms with van der Waals surface area (Å²) in [6, 6.07) is 12.7. The fourth-order valence-corrected chi connectivity index (χ4v) is 5.04. The van der Waals surface area contributed by atoms with Crippen molar-refractivity contribution in [3.8, 4) is 0 Å². The van der Waals surface area contributed by atoms with Gasteiger partial charge in [-0.1, -0.05) is 42.5 Å². The van der Waals surface area contributed by atoms with E-state index in [0.717, 1.165) is 29.2 Å². The van der Waals surface area contributed by atoms with E-state index < -0.39 is 30.1 Å². The average Bonchev–Trinajstić information content (AvgIpc) is 3.67. The van der Waals surface area contributed by atoms with Gasteiger partial charge in [-0.05, 0) is 29.2 Å². The molecule has 5 N–H and O–H groups in total. The number of hydrogen-bond donors (Lipinski definition) is 5. The Morgan fingerprint density at radius 2 is 1.80 bits per heavy atom. The molecule has 3 aromatic rings. The number of aromatic amines is 1. The summed E-state index contributed by atoms with van der Waals surface area (Å²) < 4.78 is 31.7. The molecule has 4 rings (SSSR count). The third-order valence-corrected chi connectivity index (χ3v) is 7.13. The van der Waals surface area contributed by atoms with Crippen LogP contribution >= 0.6 is 0 Å². The monoisotopic (exact) mass is 648 g/mol. The van der Waals surface area contributed by atoms with E-state index in [4.69, 9.17) is 9.90 Å². The van der Waals surface area contributed by atoms with Gasteiger partial charge in [-0.3, -0.25) is 19.3 Å². The number of rotatable bonds is 12. The Balaban J connectivity index is 0.000000738. The second kappa shape index (κ2) is 16.4. The average molecular weight is 649 g/mol. The van der Waals surface area contributed by atoms with Gasteiger partial charge in [-0.25, -0.2) is 14.6 Å². The molecule has 1 saturated heterocycles. The van der Waals surface area contributed by atoms with Gasteiger partial charge in [0.15, 0.2) is 0 Å². The zero-order valence-electron chi connectivity index (χ0n) is 24.9.